The van der Waals surface area contributed by atoms with Gasteiger partial charge in [-0.15, -0.1) is 0 Å². The van der Waals surface area contributed by atoms with Crippen LogP contribution in [0.4, 0.5) is 0 Å². The Hall–Kier alpha value is -1.74. The van der Waals surface area contributed by atoms with Crippen molar-refractivity contribution in [2.45, 2.75) is 51.4 Å². The molecular weight excluding hydrogens is 462 g/mol. The summed E-state index contributed by atoms with van der Waals surface area (Å²) >= 11 is 3.53. The van der Waals surface area contributed by atoms with Gasteiger partial charge in [0.2, 0.25) is 0 Å². The van der Waals surface area contributed by atoms with Crippen molar-refractivity contribution < 1.29 is 14.6 Å². The molecule has 0 fully saturated rings. The third-order valence-corrected chi connectivity index (χ3v) is 7.58. The van der Waals surface area contributed by atoms with E-state index >= 15 is 0 Å². The van der Waals surface area contributed by atoms with E-state index < -0.39 is 13.7 Å². The third-order valence-electron chi connectivity index (χ3n) is 5.45. The number of nitrogens with zero attached hydrogens (tertiary/aromatic N) is 3. The van der Waals surface area contributed by atoms with E-state index in [1.54, 1.807) is 6.20 Å². The van der Waals surface area contributed by atoms with Gasteiger partial charge in [0, 0.05) is 48.3 Å². The average Bonchev–Trinajstić information content (AvgIpc) is 3.01. The first-order valence-electron chi connectivity index (χ1n) is 10.2. The van der Waals surface area contributed by atoms with Crippen LogP contribution in [0.2, 0.25) is 25.7 Å². The SMILES string of the molecule is CC1(O)CCOc2cc(-c3nn(COCC[Si](C)(C)C)c4ncc(Br)cc34)ccc21. The van der Waals surface area contributed by atoms with E-state index in [-0.39, 0.29) is 0 Å². The summed E-state index contributed by atoms with van der Waals surface area (Å²) in [4.78, 5) is 4.58. The predicted octanol–water partition coefficient (Wildman–Crippen LogP) is 5.16. The number of aliphatic hydroxyl groups is 1. The highest BCUT2D eigenvalue weighted by molar-refractivity contribution is 9.10. The molecule has 6 nitrogen and oxygen atoms in total. The zero-order valence-electron chi connectivity index (χ0n) is 17.9. The van der Waals surface area contributed by atoms with Crippen LogP contribution in [0.1, 0.15) is 18.9 Å². The Kier molecular flexibility index (Phi) is 5.78. The second-order valence-corrected chi connectivity index (χ2v) is 15.8. The standard InChI is InChI=1S/C22H28BrN3O3Si/c1-22(27)7-8-29-19-11-15(5-6-18(19)22)20-17-12-16(23)13-24-21(17)26(25-20)14-28-9-10-30(2,3)4/h5-6,11-13,27H,7-10,14H2,1-4H3. The molecule has 160 valence electrons. The van der Waals surface area contributed by atoms with E-state index in [2.05, 4.69) is 40.6 Å². The molecule has 30 heavy (non-hydrogen) atoms. The maximum atomic E-state index is 10.6. The second kappa shape index (κ2) is 8.07. The zero-order valence-corrected chi connectivity index (χ0v) is 20.5. The summed E-state index contributed by atoms with van der Waals surface area (Å²) < 4.78 is 14.5. The molecule has 0 spiro atoms. The van der Waals surface area contributed by atoms with Gasteiger partial charge in [-0.3, -0.25) is 0 Å². The first kappa shape index (κ1) is 21.5. The first-order chi connectivity index (χ1) is 14.1. The molecule has 1 unspecified atom stereocenters. The van der Waals surface area contributed by atoms with Crippen molar-refractivity contribution in [1.29, 1.82) is 0 Å². The molecule has 0 aliphatic carbocycles. The van der Waals surface area contributed by atoms with Crippen molar-refractivity contribution in [3.8, 4) is 17.0 Å². The van der Waals surface area contributed by atoms with Crippen molar-refractivity contribution in [3.63, 3.8) is 0 Å². The Bertz CT molecular complexity index is 1080. The Morgan fingerprint density at radius 3 is 2.87 bits per heavy atom. The smallest absolute Gasteiger partial charge is 0.160 e. The van der Waals surface area contributed by atoms with Crippen molar-refractivity contribution in [2.75, 3.05) is 13.2 Å². The Balaban J connectivity index is 1.68. The highest BCUT2D eigenvalue weighted by Crippen LogP contribution is 2.40. The number of ether oxygens (including phenoxy) is 2. The van der Waals surface area contributed by atoms with E-state index in [9.17, 15) is 5.11 Å². The van der Waals surface area contributed by atoms with Gasteiger partial charge < -0.3 is 14.6 Å². The predicted molar refractivity (Wildman–Crippen MR) is 124 cm³/mol. The second-order valence-electron chi connectivity index (χ2n) is 9.30. The third kappa shape index (κ3) is 4.46. The molecule has 8 heteroatoms. The molecular formula is C22H28BrN3O3Si. The molecule has 4 rings (SSSR count). The molecule has 1 aliphatic rings. The number of hydrogen-bond donors (Lipinski definition) is 1. The molecule has 0 saturated carbocycles. The van der Waals surface area contributed by atoms with Crippen LogP contribution in [0, 0.1) is 0 Å². The van der Waals surface area contributed by atoms with Crippen molar-refractivity contribution in [1.82, 2.24) is 14.8 Å². The van der Waals surface area contributed by atoms with Crippen molar-refractivity contribution >= 4 is 35.0 Å². The molecule has 1 aromatic carbocycles. The molecule has 3 heterocycles. The fraction of sp³-hybridized carbons (Fsp3) is 0.455. The number of fused-ring (bicyclic) bond motifs is 2. The van der Waals surface area contributed by atoms with Crippen LogP contribution < -0.4 is 4.74 Å². The van der Waals surface area contributed by atoms with E-state index in [1.165, 1.54) is 0 Å². The minimum Gasteiger partial charge on any atom is -0.493 e. The molecule has 1 aliphatic heterocycles. The topological polar surface area (TPSA) is 69.4 Å². The van der Waals surface area contributed by atoms with E-state index in [0.29, 0.717) is 25.5 Å². The quantitative estimate of drug-likeness (QED) is 0.382. The van der Waals surface area contributed by atoms with Gasteiger partial charge in [-0.25, -0.2) is 9.67 Å². The largest absolute Gasteiger partial charge is 0.493 e. The van der Waals surface area contributed by atoms with Gasteiger partial charge >= 0.3 is 0 Å². The van der Waals surface area contributed by atoms with Crippen LogP contribution in [0.5, 0.6) is 5.75 Å². The molecule has 1 atom stereocenters. The maximum absolute atomic E-state index is 10.6. The zero-order chi connectivity index (χ0) is 21.5. The number of aromatic nitrogens is 3. The van der Waals surface area contributed by atoms with Crippen LogP contribution in [-0.2, 0) is 17.1 Å². The number of rotatable bonds is 6. The van der Waals surface area contributed by atoms with Crippen LogP contribution in [0.15, 0.2) is 34.9 Å². The van der Waals surface area contributed by atoms with Crippen molar-refractivity contribution in [2.24, 2.45) is 0 Å². The summed E-state index contributed by atoms with van der Waals surface area (Å²) in [5, 5.41) is 16.4. The van der Waals surface area contributed by atoms with Gasteiger partial charge in [0.05, 0.1) is 12.2 Å². The Labute approximate surface area is 186 Å². The van der Waals surface area contributed by atoms with E-state index in [0.717, 1.165) is 45.0 Å². The van der Waals surface area contributed by atoms with Crippen LogP contribution in [0.3, 0.4) is 0 Å². The van der Waals surface area contributed by atoms with Crippen LogP contribution in [0.25, 0.3) is 22.3 Å². The normalized spacial score (nSPS) is 19.0. The highest BCUT2D eigenvalue weighted by Gasteiger charge is 2.31. The van der Waals surface area contributed by atoms with Gasteiger partial charge in [0.25, 0.3) is 0 Å². The maximum Gasteiger partial charge on any atom is 0.160 e. The number of pyridine rings is 1. The summed E-state index contributed by atoms with van der Waals surface area (Å²) in [5.41, 5.74) is 2.48. The van der Waals surface area contributed by atoms with E-state index in [4.69, 9.17) is 14.6 Å². The van der Waals surface area contributed by atoms with Gasteiger partial charge in [-0.05, 0) is 41.0 Å². The molecule has 0 bridgehead atoms. The first-order valence-corrected chi connectivity index (χ1v) is 14.7. The molecule has 2 aromatic heterocycles. The Morgan fingerprint density at radius 2 is 2.10 bits per heavy atom. The van der Waals surface area contributed by atoms with Crippen molar-refractivity contribution in [3.05, 3.63) is 40.5 Å². The summed E-state index contributed by atoms with van der Waals surface area (Å²) in [6.45, 7) is 10.4. The molecule has 1 N–H and O–H groups in total. The monoisotopic (exact) mass is 489 g/mol. The molecule has 3 aromatic rings. The Morgan fingerprint density at radius 1 is 1.30 bits per heavy atom. The summed E-state index contributed by atoms with van der Waals surface area (Å²) in [6, 6.07) is 9.02. The number of benzene rings is 1. The summed E-state index contributed by atoms with van der Waals surface area (Å²) in [6.07, 6.45) is 2.36. The molecule has 0 radical (unpaired) electrons. The minimum absolute atomic E-state index is 0.367. The fourth-order valence-electron chi connectivity index (χ4n) is 3.59. The van der Waals surface area contributed by atoms with Crippen LogP contribution >= 0.6 is 15.9 Å². The summed E-state index contributed by atoms with van der Waals surface area (Å²) in [5.74, 6) is 0.709. The molecule has 0 amide bonds. The highest BCUT2D eigenvalue weighted by atomic mass is 79.9. The van der Waals surface area contributed by atoms with Gasteiger partial charge in [-0.2, -0.15) is 5.10 Å². The lowest BCUT2D eigenvalue weighted by Gasteiger charge is -2.31. The fourth-order valence-corrected chi connectivity index (χ4v) is 4.68. The average molecular weight is 490 g/mol. The molecule has 0 saturated heterocycles. The number of halogens is 1. The van der Waals surface area contributed by atoms with Gasteiger partial charge in [0.15, 0.2) is 5.65 Å². The van der Waals surface area contributed by atoms with Gasteiger partial charge in [-0.1, -0.05) is 31.8 Å². The summed E-state index contributed by atoms with van der Waals surface area (Å²) in [7, 11) is -1.14. The lowest BCUT2D eigenvalue weighted by Crippen LogP contribution is -2.29. The van der Waals surface area contributed by atoms with Crippen LogP contribution in [-0.4, -0.2) is 41.2 Å². The minimum atomic E-state index is -1.14. The lowest BCUT2D eigenvalue weighted by atomic mass is 9.89. The van der Waals surface area contributed by atoms with Gasteiger partial charge in [0.1, 0.15) is 18.2 Å². The number of hydrogen-bond acceptors (Lipinski definition) is 5. The lowest BCUT2D eigenvalue weighted by molar-refractivity contribution is 0.0147. The van der Waals surface area contributed by atoms with E-state index in [1.807, 2.05) is 35.9 Å².